The normalized spacial score (nSPS) is 11.4. The quantitative estimate of drug-likeness (QED) is 0.877. The van der Waals surface area contributed by atoms with E-state index in [1.54, 1.807) is 55.5 Å². The molecule has 0 radical (unpaired) electrons. The third kappa shape index (κ3) is 5.00. The van der Waals surface area contributed by atoms with Crippen LogP contribution in [0, 0.1) is 0 Å². The summed E-state index contributed by atoms with van der Waals surface area (Å²) < 4.78 is 5.55. The van der Waals surface area contributed by atoms with E-state index in [-0.39, 0.29) is 11.8 Å². The lowest BCUT2D eigenvalue weighted by molar-refractivity contribution is -0.122. The van der Waals surface area contributed by atoms with Gasteiger partial charge >= 0.3 is 0 Å². The van der Waals surface area contributed by atoms with E-state index >= 15 is 0 Å². The summed E-state index contributed by atoms with van der Waals surface area (Å²) in [6, 6.07) is 13.8. The van der Waals surface area contributed by atoms with Crippen LogP contribution < -0.4 is 15.4 Å². The summed E-state index contributed by atoms with van der Waals surface area (Å²) in [6.07, 6.45) is -0.704. The predicted molar refractivity (Wildman–Crippen MR) is 90.9 cm³/mol. The average molecular weight is 333 g/mol. The lowest BCUT2D eigenvalue weighted by Gasteiger charge is -2.15. The fraction of sp³-hybridized carbons (Fsp3) is 0.176. The first-order valence-corrected chi connectivity index (χ1v) is 7.43. The Balaban J connectivity index is 1.95. The summed E-state index contributed by atoms with van der Waals surface area (Å²) in [5, 5.41) is 5.85. The molecule has 2 aromatic rings. The smallest absolute Gasteiger partial charge is 0.265 e. The lowest BCUT2D eigenvalue weighted by Crippen LogP contribution is -2.30. The van der Waals surface area contributed by atoms with E-state index in [0.29, 0.717) is 22.1 Å². The van der Waals surface area contributed by atoms with Crippen molar-refractivity contribution in [3.05, 3.63) is 53.6 Å². The summed E-state index contributed by atoms with van der Waals surface area (Å²) in [7, 11) is 0. The molecule has 0 saturated carbocycles. The number of hydrogen-bond acceptors (Lipinski definition) is 3. The maximum atomic E-state index is 12.1. The zero-order chi connectivity index (χ0) is 16.8. The molecule has 0 aliphatic heterocycles. The first-order valence-electron chi connectivity index (χ1n) is 7.05. The van der Waals surface area contributed by atoms with Crippen LogP contribution in [0.3, 0.4) is 0 Å². The van der Waals surface area contributed by atoms with Crippen molar-refractivity contribution in [3.63, 3.8) is 0 Å². The number of amides is 2. The molecule has 2 amide bonds. The average Bonchev–Trinajstić information content (AvgIpc) is 2.51. The molecule has 23 heavy (non-hydrogen) atoms. The number of anilines is 2. The molecular weight excluding hydrogens is 316 g/mol. The minimum Gasteiger partial charge on any atom is -0.479 e. The van der Waals surface area contributed by atoms with Gasteiger partial charge in [0.1, 0.15) is 5.75 Å². The Labute approximate surface area is 139 Å². The number of hydrogen-bond donors (Lipinski definition) is 2. The van der Waals surface area contributed by atoms with Crippen LogP contribution in [-0.2, 0) is 9.59 Å². The summed E-state index contributed by atoms with van der Waals surface area (Å²) in [4.78, 5) is 23.1. The Bertz CT molecular complexity index is 701. The second kappa shape index (κ2) is 7.65. The maximum Gasteiger partial charge on any atom is 0.265 e. The van der Waals surface area contributed by atoms with Gasteiger partial charge in [0.25, 0.3) is 5.91 Å². The molecule has 0 spiro atoms. The maximum absolute atomic E-state index is 12.1. The summed E-state index contributed by atoms with van der Waals surface area (Å²) in [5.41, 5.74) is 1.27. The third-order valence-electron chi connectivity index (χ3n) is 2.98. The first kappa shape index (κ1) is 16.8. The van der Waals surface area contributed by atoms with Crippen molar-refractivity contribution in [3.8, 4) is 5.75 Å². The van der Waals surface area contributed by atoms with Crippen LogP contribution in [0.5, 0.6) is 5.75 Å². The number of nitrogens with one attached hydrogen (secondary N) is 2. The van der Waals surface area contributed by atoms with E-state index in [9.17, 15) is 9.59 Å². The minimum absolute atomic E-state index is 0.149. The zero-order valence-corrected chi connectivity index (χ0v) is 13.6. The monoisotopic (exact) mass is 332 g/mol. The number of carbonyl (C=O) groups excluding carboxylic acids is 2. The molecule has 0 bridgehead atoms. The predicted octanol–water partition coefficient (Wildman–Crippen LogP) is 3.70. The van der Waals surface area contributed by atoms with Crippen LogP contribution in [0.4, 0.5) is 11.4 Å². The van der Waals surface area contributed by atoms with Crippen LogP contribution in [-0.4, -0.2) is 17.9 Å². The SMILES string of the molecule is CC(=O)Nc1ccc(NC(=O)[C@H](C)Oc2ccccc2Cl)cc1. The van der Waals surface area contributed by atoms with E-state index in [2.05, 4.69) is 10.6 Å². The Morgan fingerprint density at radius 3 is 2.13 bits per heavy atom. The molecule has 0 aliphatic rings. The molecule has 6 heteroatoms. The van der Waals surface area contributed by atoms with Crippen molar-refractivity contribution in [1.82, 2.24) is 0 Å². The number of halogens is 1. The van der Waals surface area contributed by atoms with Crippen molar-refractivity contribution in [2.75, 3.05) is 10.6 Å². The van der Waals surface area contributed by atoms with E-state index in [1.807, 2.05) is 0 Å². The Kier molecular flexibility index (Phi) is 5.60. The number of benzene rings is 2. The third-order valence-corrected chi connectivity index (χ3v) is 3.29. The van der Waals surface area contributed by atoms with Gasteiger partial charge in [0.15, 0.2) is 6.10 Å². The molecule has 0 unspecified atom stereocenters. The van der Waals surface area contributed by atoms with E-state index in [4.69, 9.17) is 16.3 Å². The molecule has 2 N–H and O–H groups in total. The standard InChI is InChI=1S/C17H17ClN2O3/c1-11(23-16-6-4-3-5-15(16)18)17(22)20-14-9-7-13(8-10-14)19-12(2)21/h3-11H,1-2H3,(H,19,21)(H,20,22)/t11-/m0/s1. The summed E-state index contributed by atoms with van der Waals surface area (Å²) >= 11 is 6.00. The Hall–Kier alpha value is -2.53. The lowest BCUT2D eigenvalue weighted by atomic mass is 10.2. The highest BCUT2D eigenvalue weighted by atomic mass is 35.5. The highest BCUT2D eigenvalue weighted by Crippen LogP contribution is 2.24. The fourth-order valence-electron chi connectivity index (χ4n) is 1.87. The van der Waals surface area contributed by atoms with Gasteiger partial charge in [0.05, 0.1) is 5.02 Å². The Morgan fingerprint density at radius 1 is 1.00 bits per heavy atom. The van der Waals surface area contributed by atoms with Gasteiger partial charge in [-0.1, -0.05) is 23.7 Å². The second-order valence-corrected chi connectivity index (χ2v) is 5.35. The van der Waals surface area contributed by atoms with E-state index in [0.717, 1.165) is 0 Å². The van der Waals surface area contributed by atoms with Crippen LogP contribution in [0.15, 0.2) is 48.5 Å². The zero-order valence-electron chi connectivity index (χ0n) is 12.8. The van der Waals surface area contributed by atoms with Gasteiger partial charge < -0.3 is 15.4 Å². The minimum atomic E-state index is -0.704. The highest BCUT2D eigenvalue weighted by molar-refractivity contribution is 6.32. The van der Waals surface area contributed by atoms with Gasteiger partial charge in [-0.3, -0.25) is 9.59 Å². The fourth-order valence-corrected chi connectivity index (χ4v) is 2.05. The van der Waals surface area contributed by atoms with Crippen molar-refractivity contribution in [1.29, 1.82) is 0 Å². The summed E-state index contributed by atoms with van der Waals surface area (Å²) in [5.74, 6) is 0.0126. The first-order chi connectivity index (χ1) is 11.0. The van der Waals surface area contributed by atoms with Crippen LogP contribution >= 0.6 is 11.6 Å². The molecular formula is C17H17ClN2O3. The number of ether oxygens (including phenoxy) is 1. The summed E-state index contributed by atoms with van der Waals surface area (Å²) in [6.45, 7) is 3.08. The van der Waals surface area contributed by atoms with Gasteiger partial charge in [-0.05, 0) is 43.3 Å². The Morgan fingerprint density at radius 2 is 1.57 bits per heavy atom. The molecule has 0 saturated heterocycles. The molecule has 0 aliphatic carbocycles. The number of rotatable bonds is 5. The molecule has 0 fully saturated rings. The largest absolute Gasteiger partial charge is 0.479 e. The van der Waals surface area contributed by atoms with Gasteiger partial charge in [0.2, 0.25) is 5.91 Å². The van der Waals surface area contributed by atoms with E-state index < -0.39 is 6.10 Å². The number of para-hydroxylation sites is 1. The molecule has 2 aromatic carbocycles. The van der Waals surface area contributed by atoms with Crippen molar-refractivity contribution < 1.29 is 14.3 Å². The number of carbonyl (C=O) groups is 2. The molecule has 0 heterocycles. The van der Waals surface area contributed by atoms with Crippen molar-refractivity contribution in [2.45, 2.75) is 20.0 Å². The van der Waals surface area contributed by atoms with Crippen LogP contribution in [0.25, 0.3) is 0 Å². The van der Waals surface area contributed by atoms with Gasteiger partial charge in [-0.2, -0.15) is 0 Å². The topological polar surface area (TPSA) is 67.4 Å². The highest BCUT2D eigenvalue weighted by Gasteiger charge is 2.16. The molecule has 120 valence electrons. The van der Waals surface area contributed by atoms with Crippen LogP contribution in [0.1, 0.15) is 13.8 Å². The van der Waals surface area contributed by atoms with Crippen molar-refractivity contribution in [2.24, 2.45) is 0 Å². The van der Waals surface area contributed by atoms with Gasteiger partial charge in [-0.15, -0.1) is 0 Å². The molecule has 2 rings (SSSR count). The molecule has 0 aromatic heterocycles. The van der Waals surface area contributed by atoms with Gasteiger partial charge in [0, 0.05) is 18.3 Å². The molecule has 1 atom stereocenters. The second-order valence-electron chi connectivity index (χ2n) is 4.94. The molecule has 5 nitrogen and oxygen atoms in total. The van der Waals surface area contributed by atoms with Crippen LogP contribution in [0.2, 0.25) is 5.02 Å². The van der Waals surface area contributed by atoms with Crippen molar-refractivity contribution >= 4 is 34.8 Å². The van der Waals surface area contributed by atoms with Gasteiger partial charge in [-0.25, -0.2) is 0 Å². The van der Waals surface area contributed by atoms with E-state index in [1.165, 1.54) is 6.92 Å².